The summed E-state index contributed by atoms with van der Waals surface area (Å²) < 4.78 is 41.5. The van der Waals surface area contributed by atoms with Gasteiger partial charge in [-0.25, -0.2) is 17.5 Å². The first-order valence-corrected chi connectivity index (χ1v) is 11.0. The van der Waals surface area contributed by atoms with E-state index in [4.69, 9.17) is 0 Å². The number of halogens is 2. The summed E-state index contributed by atoms with van der Waals surface area (Å²) in [5.74, 6) is -2.05. The molecule has 0 radical (unpaired) electrons. The fraction of sp³-hybridized carbons (Fsp3) is 0.200. The van der Waals surface area contributed by atoms with Crippen LogP contribution < -0.4 is 10.0 Å². The van der Waals surface area contributed by atoms with Crippen molar-refractivity contribution in [2.75, 3.05) is 25.5 Å². The maximum atomic E-state index is 14.0. The van der Waals surface area contributed by atoms with Gasteiger partial charge in [-0.3, -0.25) is 9.59 Å². The molecule has 30 heavy (non-hydrogen) atoms. The first-order valence-electron chi connectivity index (χ1n) is 8.76. The highest BCUT2D eigenvalue weighted by Crippen LogP contribution is 2.20. The molecule has 2 N–H and O–H groups in total. The summed E-state index contributed by atoms with van der Waals surface area (Å²) in [5.41, 5.74) is 1.38. The van der Waals surface area contributed by atoms with Crippen molar-refractivity contribution in [2.24, 2.45) is 0 Å². The van der Waals surface area contributed by atoms with E-state index in [1.54, 1.807) is 12.1 Å². The molecule has 2 aromatic carbocycles. The molecule has 160 valence electrons. The Hall–Kier alpha value is -2.56. The lowest BCUT2D eigenvalue weighted by Gasteiger charge is -2.18. The number of likely N-dealkylation sites (N-methyl/N-ethyl adjacent to an activating group) is 1. The maximum Gasteiger partial charge on any atom is 0.254 e. The van der Waals surface area contributed by atoms with E-state index in [9.17, 15) is 22.4 Å². The second kappa shape index (κ2) is 9.96. The first-order chi connectivity index (χ1) is 14.0. The third-order valence-electron chi connectivity index (χ3n) is 4.08. The van der Waals surface area contributed by atoms with Gasteiger partial charge in [0.2, 0.25) is 15.9 Å². The van der Waals surface area contributed by atoms with Gasteiger partial charge >= 0.3 is 0 Å². The van der Waals surface area contributed by atoms with Crippen molar-refractivity contribution in [1.82, 2.24) is 9.62 Å². The van der Waals surface area contributed by atoms with E-state index < -0.39 is 32.6 Å². The van der Waals surface area contributed by atoms with Crippen LogP contribution in [-0.4, -0.2) is 45.3 Å². The monoisotopic (exact) mass is 497 g/mol. The highest BCUT2D eigenvalue weighted by molar-refractivity contribution is 9.10. The zero-order chi connectivity index (χ0) is 22.5. The summed E-state index contributed by atoms with van der Waals surface area (Å²) >= 11 is 3.34. The highest BCUT2D eigenvalue weighted by Gasteiger charge is 2.22. The molecule has 0 bridgehead atoms. The number of sulfonamides is 1. The van der Waals surface area contributed by atoms with Crippen molar-refractivity contribution in [1.29, 1.82) is 0 Å². The summed E-state index contributed by atoms with van der Waals surface area (Å²) in [4.78, 5) is 25.4. The van der Waals surface area contributed by atoms with Crippen molar-refractivity contribution < 1.29 is 22.4 Å². The Bertz CT molecular complexity index is 1090. The number of hydrogen-bond donors (Lipinski definition) is 2. The Labute approximate surface area is 183 Å². The number of benzene rings is 2. The topological polar surface area (TPSA) is 95.6 Å². The molecule has 0 unspecified atom stereocenters. The average Bonchev–Trinajstić information content (AvgIpc) is 2.68. The van der Waals surface area contributed by atoms with Crippen molar-refractivity contribution in [2.45, 2.75) is 11.8 Å². The van der Waals surface area contributed by atoms with Gasteiger partial charge in [-0.2, -0.15) is 0 Å². The zero-order valence-electron chi connectivity index (χ0n) is 16.4. The smallest absolute Gasteiger partial charge is 0.254 e. The number of carbonyl (C=O) groups excluding carboxylic acids is 2. The number of hydrogen-bond acceptors (Lipinski definition) is 4. The van der Waals surface area contributed by atoms with E-state index in [1.165, 1.54) is 13.1 Å². The van der Waals surface area contributed by atoms with Gasteiger partial charge < -0.3 is 10.2 Å². The standard InChI is InChI=1S/C20H21BrFN3O4S/c1-4-9-23-30(28,29)18-11-14(5-7-16(18)22)20(27)25(3)12-19(26)24-17-8-6-15(21)10-13(17)2/h4-8,10-11,23H,1,9,12H2,2-3H3,(H,24,26). The van der Waals surface area contributed by atoms with Crippen molar-refractivity contribution in [3.8, 4) is 0 Å². The van der Waals surface area contributed by atoms with Gasteiger partial charge in [0.05, 0.1) is 6.54 Å². The number of amides is 2. The predicted octanol–water partition coefficient (Wildman–Crippen LogP) is 3.07. The van der Waals surface area contributed by atoms with Crippen LogP contribution in [0.4, 0.5) is 10.1 Å². The number of nitrogens with zero attached hydrogens (tertiary/aromatic N) is 1. The SMILES string of the molecule is C=CCNS(=O)(=O)c1cc(C(=O)N(C)CC(=O)Nc2ccc(Br)cc2C)ccc1F. The molecule has 0 fully saturated rings. The Morgan fingerprint density at radius 1 is 1.23 bits per heavy atom. The lowest BCUT2D eigenvalue weighted by molar-refractivity contribution is -0.116. The minimum Gasteiger partial charge on any atom is -0.332 e. The van der Waals surface area contributed by atoms with E-state index in [1.807, 2.05) is 13.0 Å². The highest BCUT2D eigenvalue weighted by atomic mass is 79.9. The van der Waals surface area contributed by atoms with Crippen LogP contribution in [0.3, 0.4) is 0 Å². The molecule has 0 atom stereocenters. The van der Waals surface area contributed by atoms with Crippen LogP contribution in [0.15, 0.2) is 58.4 Å². The number of nitrogens with one attached hydrogen (secondary N) is 2. The quantitative estimate of drug-likeness (QED) is 0.547. The van der Waals surface area contributed by atoms with Gasteiger partial charge in [0.25, 0.3) is 5.91 Å². The lowest BCUT2D eigenvalue weighted by atomic mass is 10.2. The first kappa shape index (κ1) is 23.7. The second-order valence-corrected chi connectivity index (χ2v) is 9.11. The number of aryl methyl sites for hydroxylation is 1. The molecule has 0 heterocycles. The average molecular weight is 498 g/mol. The molecule has 0 aliphatic carbocycles. The van der Waals surface area contributed by atoms with Crippen LogP contribution >= 0.6 is 15.9 Å². The Morgan fingerprint density at radius 2 is 1.93 bits per heavy atom. The third-order valence-corrected chi connectivity index (χ3v) is 6.01. The van der Waals surface area contributed by atoms with E-state index in [0.29, 0.717) is 5.69 Å². The van der Waals surface area contributed by atoms with Crippen LogP contribution in [0.1, 0.15) is 15.9 Å². The molecular weight excluding hydrogens is 477 g/mol. The fourth-order valence-electron chi connectivity index (χ4n) is 2.55. The van der Waals surface area contributed by atoms with E-state index in [0.717, 1.165) is 33.1 Å². The van der Waals surface area contributed by atoms with E-state index in [-0.39, 0.29) is 18.7 Å². The molecule has 2 aromatic rings. The molecule has 0 aliphatic heterocycles. The number of carbonyl (C=O) groups is 2. The normalized spacial score (nSPS) is 11.1. The van der Waals surface area contributed by atoms with Gasteiger partial charge in [-0.1, -0.05) is 22.0 Å². The molecule has 0 saturated carbocycles. The van der Waals surface area contributed by atoms with Crippen molar-refractivity contribution in [3.05, 3.63) is 70.5 Å². The Balaban J connectivity index is 2.14. The van der Waals surface area contributed by atoms with E-state index in [2.05, 4.69) is 32.5 Å². The minimum absolute atomic E-state index is 0.0644. The Kier molecular flexibility index (Phi) is 7.88. The molecule has 2 rings (SSSR count). The van der Waals surface area contributed by atoms with Gasteiger partial charge in [-0.15, -0.1) is 6.58 Å². The van der Waals surface area contributed by atoms with Crippen LogP contribution in [0.2, 0.25) is 0 Å². The molecule has 0 aromatic heterocycles. The summed E-state index contributed by atoms with van der Waals surface area (Å²) in [5, 5.41) is 2.71. The van der Waals surface area contributed by atoms with Crippen molar-refractivity contribution in [3.63, 3.8) is 0 Å². The van der Waals surface area contributed by atoms with Crippen LogP contribution in [-0.2, 0) is 14.8 Å². The minimum atomic E-state index is -4.16. The second-order valence-electron chi connectivity index (χ2n) is 6.45. The molecule has 0 saturated heterocycles. The van der Waals surface area contributed by atoms with Crippen LogP contribution in [0.25, 0.3) is 0 Å². The molecule has 0 spiro atoms. The van der Waals surface area contributed by atoms with Gasteiger partial charge in [0, 0.05) is 29.3 Å². The summed E-state index contributed by atoms with van der Waals surface area (Å²) in [7, 11) is -2.76. The van der Waals surface area contributed by atoms with Crippen LogP contribution in [0.5, 0.6) is 0 Å². The predicted molar refractivity (Wildman–Crippen MR) is 116 cm³/mol. The van der Waals surface area contributed by atoms with Crippen LogP contribution in [0, 0.1) is 12.7 Å². The fourth-order valence-corrected chi connectivity index (χ4v) is 4.13. The number of rotatable bonds is 8. The lowest BCUT2D eigenvalue weighted by Crippen LogP contribution is -2.35. The van der Waals surface area contributed by atoms with Gasteiger partial charge in [0.15, 0.2) is 0 Å². The van der Waals surface area contributed by atoms with Gasteiger partial charge in [0.1, 0.15) is 10.7 Å². The summed E-state index contributed by atoms with van der Waals surface area (Å²) in [6.07, 6.45) is 1.31. The largest absolute Gasteiger partial charge is 0.332 e. The zero-order valence-corrected chi connectivity index (χ0v) is 18.8. The van der Waals surface area contributed by atoms with Gasteiger partial charge in [-0.05, 0) is 48.9 Å². The maximum absolute atomic E-state index is 14.0. The molecule has 10 heteroatoms. The summed E-state index contributed by atoms with van der Waals surface area (Å²) in [6.45, 7) is 4.86. The molecule has 2 amide bonds. The Morgan fingerprint density at radius 3 is 2.57 bits per heavy atom. The summed E-state index contributed by atoms with van der Waals surface area (Å²) in [6, 6.07) is 8.35. The molecule has 7 nitrogen and oxygen atoms in total. The number of anilines is 1. The third kappa shape index (κ3) is 5.97. The molecule has 0 aliphatic rings. The van der Waals surface area contributed by atoms with Crippen molar-refractivity contribution >= 4 is 43.5 Å². The van der Waals surface area contributed by atoms with E-state index >= 15 is 0 Å². The molecular formula is C20H21BrFN3O4S.